The number of ether oxygens (including phenoxy) is 1. The third-order valence-corrected chi connectivity index (χ3v) is 4.92. The predicted molar refractivity (Wildman–Crippen MR) is 84.0 cm³/mol. The minimum absolute atomic E-state index is 0.426. The summed E-state index contributed by atoms with van der Waals surface area (Å²) in [5, 5.41) is 5.71. The summed E-state index contributed by atoms with van der Waals surface area (Å²) in [5.41, 5.74) is 4.00. The molecule has 108 valence electrons. The molecule has 2 heterocycles. The molecule has 1 atom stereocenters. The van der Waals surface area contributed by atoms with Gasteiger partial charge in [-0.25, -0.2) is 0 Å². The fourth-order valence-corrected chi connectivity index (χ4v) is 3.85. The second-order valence-corrected chi connectivity index (χ2v) is 6.17. The van der Waals surface area contributed by atoms with Gasteiger partial charge in [0.05, 0.1) is 7.11 Å². The molecule has 4 rings (SSSR count). The number of methoxy groups -OCH3 is 1. The molecule has 0 saturated carbocycles. The lowest BCUT2D eigenvalue weighted by Crippen LogP contribution is -2.19. The topological polar surface area (TPSA) is 38.6 Å². The SMILES string of the molecule is COc1nc2sccn2c1CNC1CCc2ccccc21. The summed E-state index contributed by atoms with van der Waals surface area (Å²) in [5.74, 6) is 0.723. The van der Waals surface area contributed by atoms with Crippen molar-refractivity contribution in [2.75, 3.05) is 7.11 Å². The molecular weight excluding hydrogens is 282 g/mol. The molecule has 0 saturated heterocycles. The van der Waals surface area contributed by atoms with Crippen LogP contribution < -0.4 is 10.1 Å². The van der Waals surface area contributed by atoms with Gasteiger partial charge >= 0.3 is 0 Å². The van der Waals surface area contributed by atoms with Crippen molar-refractivity contribution in [3.05, 3.63) is 52.7 Å². The number of nitrogens with one attached hydrogen (secondary N) is 1. The third-order valence-electron chi connectivity index (χ3n) is 4.17. The smallest absolute Gasteiger partial charge is 0.237 e. The van der Waals surface area contributed by atoms with E-state index in [2.05, 4.69) is 50.5 Å². The number of imidazole rings is 1. The van der Waals surface area contributed by atoms with E-state index in [4.69, 9.17) is 4.74 Å². The third kappa shape index (κ3) is 2.13. The number of aryl methyl sites for hydroxylation is 1. The van der Waals surface area contributed by atoms with Crippen molar-refractivity contribution in [3.8, 4) is 5.88 Å². The second kappa shape index (κ2) is 5.16. The van der Waals surface area contributed by atoms with Crippen molar-refractivity contribution in [2.45, 2.75) is 25.4 Å². The van der Waals surface area contributed by atoms with Gasteiger partial charge in [-0.15, -0.1) is 11.3 Å². The van der Waals surface area contributed by atoms with Gasteiger partial charge in [0.1, 0.15) is 5.69 Å². The van der Waals surface area contributed by atoms with Crippen LogP contribution in [0.5, 0.6) is 5.88 Å². The summed E-state index contributed by atoms with van der Waals surface area (Å²) in [6, 6.07) is 9.13. The Morgan fingerprint density at radius 1 is 1.43 bits per heavy atom. The number of hydrogen-bond acceptors (Lipinski definition) is 4. The van der Waals surface area contributed by atoms with Crippen molar-refractivity contribution in [3.63, 3.8) is 0 Å². The number of rotatable bonds is 4. The van der Waals surface area contributed by atoms with Gasteiger partial charge in [0, 0.05) is 24.2 Å². The van der Waals surface area contributed by atoms with Crippen molar-refractivity contribution in [1.29, 1.82) is 0 Å². The molecule has 0 spiro atoms. The molecule has 1 aliphatic rings. The molecule has 0 radical (unpaired) electrons. The molecule has 1 aliphatic carbocycles. The first-order valence-electron chi connectivity index (χ1n) is 7.16. The van der Waals surface area contributed by atoms with Gasteiger partial charge in [-0.1, -0.05) is 24.3 Å². The highest BCUT2D eigenvalue weighted by molar-refractivity contribution is 7.15. The predicted octanol–water partition coefficient (Wildman–Crippen LogP) is 3.18. The summed E-state index contributed by atoms with van der Waals surface area (Å²) >= 11 is 1.63. The lowest BCUT2D eigenvalue weighted by atomic mass is 10.1. The number of benzene rings is 1. The maximum Gasteiger partial charge on any atom is 0.237 e. The van der Waals surface area contributed by atoms with E-state index in [0.717, 1.165) is 35.9 Å². The fraction of sp³-hybridized carbons (Fsp3) is 0.312. The van der Waals surface area contributed by atoms with Crippen molar-refractivity contribution in [2.24, 2.45) is 0 Å². The summed E-state index contributed by atoms with van der Waals surface area (Å²) in [7, 11) is 1.68. The zero-order valence-corrected chi connectivity index (χ0v) is 12.7. The van der Waals surface area contributed by atoms with E-state index in [-0.39, 0.29) is 0 Å². The molecule has 1 aromatic carbocycles. The summed E-state index contributed by atoms with van der Waals surface area (Å²) < 4.78 is 7.52. The summed E-state index contributed by atoms with van der Waals surface area (Å²) in [6.45, 7) is 0.764. The number of hydrogen-bond donors (Lipinski definition) is 1. The van der Waals surface area contributed by atoms with E-state index < -0.39 is 0 Å². The van der Waals surface area contributed by atoms with E-state index in [0.29, 0.717) is 6.04 Å². The zero-order valence-electron chi connectivity index (χ0n) is 11.9. The molecule has 0 aliphatic heterocycles. The van der Waals surface area contributed by atoms with Crippen LogP contribution in [0.4, 0.5) is 0 Å². The molecular formula is C16H17N3OS. The maximum atomic E-state index is 5.41. The quantitative estimate of drug-likeness (QED) is 0.804. The van der Waals surface area contributed by atoms with Crippen molar-refractivity contribution in [1.82, 2.24) is 14.7 Å². The molecule has 1 N–H and O–H groups in total. The fourth-order valence-electron chi connectivity index (χ4n) is 3.13. The van der Waals surface area contributed by atoms with Gasteiger partial charge in [0.15, 0.2) is 4.96 Å². The summed E-state index contributed by atoms with van der Waals surface area (Å²) in [4.78, 5) is 5.48. The van der Waals surface area contributed by atoms with Crippen LogP contribution in [0.1, 0.15) is 29.3 Å². The average molecular weight is 299 g/mol. The van der Waals surface area contributed by atoms with Crippen LogP contribution >= 0.6 is 11.3 Å². The maximum absolute atomic E-state index is 5.41. The molecule has 2 aromatic heterocycles. The molecule has 0 bridgehead atoms. The van der Waals surface area contributed by atoms with E-state index in [9.17, 15) is 0 Å². The molecule has 21 heavy (non-hydrogen) atoms. The standard InChI is InChI=1S/C16H17N3OS/c1-20-15-14(19-8-9-21-16(19)18-15)10-17-13-7-6-11-4-2-3-5-12(11)13/h2-5,8-9,13,17H,6-7,10H2,1H3. The number of aromatic nitrogens is 2. The molecule has 5 heteroatoms. The van der Waals surface area contributed by atoms with Crippen LogP contribution in [0.2, 0.25) is 0 Å². The van der Waals surface area contributed by atoms with Crippen molar-refractivity contribution < 1.29 is 4.74 Å². The largest absolute Gasteiger partial charge is 0.480 e. The van der Waals surface area contributed by atoms with Gasteiger partial charge < -0.3 is 10.1 Å². The lowest BCUT2D eigenvalue weighted by molar-refractivity contribution is 0.390. The first-order valence-corrected chi connectivity index (χ1v) is 8.04. The Bertz CT molecular complexity index is 777. The Morgan fingerprint density at radius 3 is 3.24 bits per heavy atom. The normalized spacial score (nSPS) is 17.3. The van der Waals surface area contributed by atoms with Crippen LogP contribution in [0.15, 0.2) is 35.8 Å². The van der Waals surface area contributed by atoms with Gasteiger partial charge in [0.2, 0.25) is 5.88 Å². The zero-order chi connectivity index (χ0) is 14.2. The molecule has 1 unspecified atom stereocenters. The Balaban J connectivity index is 1.58. The molecule has 4 nitrogen and oxygen atoms in total. The van der Waals surface area contributed by atoms with Crippen LogP contribution in [0.25, 0.3) is 4.96 Å². The van der Waals surface area contributed by atoms with Crippen molar-refractivity contribution >= 4 is 16.3 Å². The first kappa shape index (κ1) is 12.9. The lowest BCUT2D eigenvalue weighted by Gasteiger charge is -2.14. The number of nitrogens with zero attached hydrogens (tertiary/aromatic N) is 2. The summed E-state index contributed by atoms with van der Waals surface area (Å²) in [6.07, 6.45) is 4.37. The minimum Gasteiger partial charge on any atom is -0.480 e. The monoisotopic (exact) mass is 299 g/mol. The highest BCUT2D eigenvalue weighted by Crippen LogP contribution is 2.31. The van der Waals surface area contributed by atoms with E-state index in [1.165, 1.54) is 11.1 Å². The first-order chi connectivity index (χ1) is 10.4. The highest BCUT2D eigenvalue weighted by atomic mass is 32.1. The van der Waals surface area contributed by atoms with Crippen LogP contribution in [0.3, 0.4) is 0 Å². The number of fused-ring (bicyclic) bond motifs is 2. The van der Waals surface area contributed by atoms with Gasteiger partial charge in [-0.2, -0.15) is 4.98 Å². The van der Waals surface area contributed by atoms with Crippen LogP contribution in [-0.4, -0.2) is 16.5 Å². The molecule has 0 fully saturated rings. The molecule has 0 amide bonds. The Morgan fingerprint density at radius 2 is 2.33 bits per heavy atom. The Hall–Kier alpha value is -1.85. The van der Waals surface area contributed by atoms with Crippen LogP contribution in [-0.2, 0) is 13.0 Å². The van der Waals surface area contributed by atoms with E-state index in [1.807, 2.05) is 0 Å². The van der Waals surface area contributed by atoms with Crippen LogP contribution in [0, 0.1) is 0 Å². The highest BCUT2D eigenvalue weighted by Gasteiger charge is 2.22. The Kier molecular flexibility index (Phi) is 3.16. The Labute approximate surface area is 127 Å². The number of thiazole rings is 1. The van der Waals surface area contributed by atoms with Gasteiger partial charge in [0.25, 0.3) is 0 Å². The van der Waals surface area contributed by atoms with E-state index in [1.54, 1.807) is 18.4 Å². The second-order valence-electron chi connectivity index (χ2n) is 5.29. The van der Waals surface area contributed by atoms with E-state index >= 15 is 0 Å². The average Bonchev–Trinajstić information content (AvgIpc) is 3.19. The minimum atomic E-state index is 0.426. The van der Waals surface area contributed by atoms with Gasteiger partial charge in [-0.3, -0.25) is 4.40 Å². The van der Waals surface area contributed by atoms with Gasteiger partial charge in [-0.05, 0) is 24.0 Å². The molecule has 3 aromatic rings.